The molecule has 0 saturated heterocycles. The van der Waals surface area contributed by atoms with Crippen molar-refractivity contribution in [3.63, 3.8) is 0 Å². The minimum absolute atomic E-state index is 0.0235. The molecule has 0 spiro atoms. The van der Waals surface area contributed by atoms with Gasteiger partial charge in [0.1, 0.15) is 5.75 Å². The fourth-order valence-electron chi connectivity index (χ4n) is 3.86. The standard InChI is InChI=1S/C23H36O2/c1-3-5-7-8-10-20-13-17-22(18-14-20)25-23(24)21-15-11-19(12-16-21)9-6-4-2/h13-14,17-19,21H,3-12,15-16H2,1-2H3. The third-order valence-electron chi connectivity index (χ3n) is 5.61. The number of ether oxygens (including phenoxy) is 1. The van der Waals surface area contributed by atoms with Gasteiger partial charge in [-0.05, 0) is 62.1 Å². The van der Waals surface area contributed by atoms with E-state index in [0.29, 0.717) is 5.75 Å². The van der Waals surface area contributed by atoms with Crippen LogP contribution in [0.15, 0.2) is 24.3 Å². The van der Waals surface area contributed by atoms with Crippen LogP contribution in [0.5, 0.6) is 5.75 Å². The minimum Gasteiger partial charge on any atom is -0.426 e. The van der Waals surface area contributed by atoms with Crippen molar-refractivity contribution in [2.75, 3.05) is 0 Å². The molecule has 0 N–H and O–H groups in total. The Morgan fingerprint density at radius 1 is 0.920 bits per heavy atom. The summed E-state index contributed by atoms with van der Waals surface area (Å²) >= 11 is 0. The van der Waals surface area contributed by atoms with Crippen LogP contribution in [0.1, 0.15) is 90.0 Å². The van der Waals surface area contributed by atoms with Crippen LogP contribution in [0.3, 0.4) is 0 Å². The lowest BCUT2D eigenvalue weighted by Crippen LogP contribution is -2.25. The Labute approximate surface area is 154 Å². The van der Waals surface area contributed by atoms with Crippen molar-refractivity contribution in [1.29, 1.82) is 0 Å². The fraction of sp³-hybridized carbons (Fsp3) is 0.696. The number of unbranched alkanes of at least 4 members (excludes halogenated alkanes) is 4. The molecule has 0 bridgehead atoms. The van der Waals surface area contributed by atoms with E-state index >= 15 is 0 Å². The summed E-state index contributed by atoms with van der Waals surface area (Å²) in [4.78, 5) is 12.4. The summed E-state index contributed by atoms with van der Waals surface area (Å²) in [5, 5.41) is 0. The van der Waals surface area contributed by atoms with E-state index in [1.807, 2.05) is 12.1 Å². The molecule has 1 saturated carbocycles. The average Bonchev–Trinajstić information content (AvgIpc) is 2.65. The molecule has 140 valence electrons. The number of carbonyl (C=O) groups excluding carboxylic acids is 1. The summed E-state index contributed by atoms with van der Waals surface area (Å²) in [6.07, 6.45) is 14.6. The summed E-state index contributed by atoms with van der Waals surface area (Å²) in [7, 11) is 0. The lowest BCUT2D eigenvalue weighted by Gasteiger charge is -2.27. The molecule has 1 aliphatic carbocycles. The zero-order valence-corrected chi connectivity index (χ0v) is 16.3. The molecule has 1 aromatic rings. The first kappa shape index (κ1) is 20.0. The summed E-state index contributed by atoms with van der Waals surface area (Å²) in [6, 6.07) is 8.13. The normalized spacial score (nSPS) is 20.4. The molecule has 2 nitrogen and oxygen atoms in total. The molecule has 0 atom stereocenters. The molecule has 0 amide bonds. The van der Waals surface area contributed by atoms with Gasteiger partial charge in [-0.2, -0.15) is 0 Å². The van der Waals surface area contributed by atoms with Crippen LogP contribution >= 0.6 is 0 Å². The van der Waals surface area contributed by atoms with Crippen LogP contribution in [-0.2, 0) is 11.2 Å². The molecule has 25 heavy (non-hydrogen) atoms. The molecule has 0 aliphatic heterocycles. The molecule has 0 unspecified atom stereocenters. The van der Waals surface area contributed by atoms with Crippen molar-refractivity contribution < 1.29 is 9.53 Å². The van der Waals surface area contributed by atoms with Crippen LogP contribution in [-0.4, -0.2) is 5.97 Å². The molecule has 0 aromatic heterocycles. The van der Waals surface area contributed by atoms with Gasteiger partial charge in [0.2, 0.25) is 0 Å². The highest BCUT2D eigenvalue weighted by atomic mass is 16.5. The quantitative estimate of drug-likeness (QED) is 0.268. The molecule has 0 heterocycles. The summed E-state index contributed by atoms with van der Waals surface area (Å²) in [5.74, 6) is 1.61. The van der Waals surface area contributed by atoms with Crippen molar-refractivity contribution in [3.8, 4) is 5.75 Å². The number of hydrogen-bond acceptors (Lipinski definition) is 2. The summed E-state index contributed by atoms with van der Waals surface area (Å²) < 4.78 is 5.63. The lowest BCUT2D eigenvalue weighted by atomic mass is 9.80. The van der Waals surface area contributed by atoms with Crippen molar-refractivity contribution in [3.05, 3.63) is 29.8 Å². The van der Waals surface area contributed by atoms with Gasteiger partial charge in [0.05, 0.1) is 5.92 Å². The highest BCUT2D eigenvalue weighted by Gasteiger charge is 2.27. The van der Waals surface area contributed by atoms with Crippen molar-refractivity contribution >= 4 is 5.97 Å². The highest BCUT2D eigenvalue weighted by molar-refractivity contribution is 5.75. The number of aryl methyl sites for hydroxylation is 1. The van der Waals surface area contributed by atoms with E-state index < -0.39 is 0 Å². The molecular weight excluding hydrogens is 308 g/mol. The van der Waals surface area contributed by atoms with Gasteiger partial charge in [0.15, 0.2) is 0 Å². The van der Waals surface area contributed by atoms with Gasteiger partial charge in [-0.25, -0.2) is 0 Å². The minimum atomic E-state index is -0.0235. The highest BCUT2D eigenvalue weighted by Crippen LogP contribution is 2.32. The van der Waals surface area contributed by atoms with Crippen molar-refractivity contribution in [1.82, 2.24) is 0 Å². The van der Waals surface area contributed by atoms with Crippen LogP contribution in [0.25, 0.3) is 0 Å². The molecule has 1 aliphatic rings. The Morgan fingerprint density at radius 2 is 1.60 bits per heavy atom. The van der Waals surface area contributed by atoms with Crippen LogP contribution in [0.2, 0.25) is 0 Å². The van der Waals surface area contributed by atoms with E-state index in [1.165, 1.54) is 63.4 Å². The van der Waals surface area contributed by atoms with Gasteiger partial charge in [-0.15, -0.1) is 0 Å². The van der Waals surface area contributed by atoms with Crippen LogP contribution in [0.4, 0.5) is 0 Å². The molecule has 1 fully saturated rings. The van der Waals surface area contributed by atoms with Gasteiger partial charge < -0.3 is 4.74 Å². The lowest BCUT2D eigenvalue weighted by molar-refractivity contribution is -0.140. The second-order valence-electron chi connectivity index (χ2n) is 7.74. The predicted molar refractivity (Wildman–Crippen MR) is 105 cm³/mol. The number of esters is 1. The molecule has 0 radical (unpaired) electrons. The molecule has 1 aromatic carbocycles. The largest absolute Gasteiger partial charge is 0.426 e. The monoisotopic (exact) mass is 344 g/mol. The summed E-state index contributed by atoms with van der Waals surface area (Å²) in [5.41, 5.74) is 1.34. The number of hydrogen-bond donors (Lipinski definition) is 0. The average molecular weight is 345 g/mol. The first-order valence-electron chi connectivity index (χ1n) is 10.5. The van der Waals surface area contributed by atoms with E-state index in [-0.39, 0.29) is 11.9 Å². The van der Waals surface area contributed by atoms with Gasteiger partial charge in [0, 0.05) is 0 Å². The Morgan fingerprint density at radius 3 is 2.24 bits per heavy atom. The van der Waals surface area contributed by atoms with Gasteiger partial charge in [-0.3, -0.25) is 4.79 Å². The second kappa shape index (κ2) is 11.3. The smallest absolute Gasteiger partial charge is 0.314 e. The first-order valence-corrected chi connectivity index (χ1v) is 10.5. The van der Waals surface area contributed by atoms with Gasteiger partial charge in [0.25, 0.3) is 0 Å². The molecular formula is C23H36O2. The zero-order chi connectivity index (χ0) is 17.9. The third-order valence-corrected chi connectivity index (χ3v) is 5.61. The summed E-state index contributed by atoms with van der Waals surface area (Å²) in [6.45, 7) is 4.49. The Hall–Kier alpha value is -1.31. The zero-order valence-electron chi connectivity index (χ0n) is 16.3. The van der Waals surface area contributed by atoms with E-state index in [1.54, 1.807) is 0 Å². The second-order valence-corrected chi connectivity index (χ2v) is 7.74. The van der Waals surface area contributed by atoms with Crippen molar-refractivity contribution in [2.24, 2.45) is 11.8 Å². The van der Waals surface area contributed by atoms with E-state index in [2.05, 4.69) is 26.0 Å². The van der Waals surface area contributed by atoms with E-state index in [0.717, 1.165) is 25.2 Å². The number of benzene rings is 1. The van der Waals surface area contributed by atoms with E-state index in [9.17, 15) is 4.79 Å². The van der Waals surface area contributed by atoms with Crippen LogP contribution < -0.4 is 4.74 Å². The van der Waals surface area contributed by atoms with E-state index in [4.69, 9.17) is 4.74 Å². The van der Waals surface area contributed by atoms with Gasteiger partial charge >= 0.3 is 5.97 Å². The Kier molecular flexibility index (Phi) is 9.07. The predicted octanol–water partition coefficient (Wildman–Crippen LogP) is 6.71. The topological polar surface area (TPSA) is 26.3 Å². The first-order chi connectivity index (χ1) is 12.2. The maximum Gasteiger partial charge on any atom is 0.314 e. The number of carbonyl (C=O) groups is 1. The maximum atomic E-state index is 12.4. The van der Waals surface area contributed by atoms with Gasteiger partial charge in [-0.1, -0.05) is 64.5 Å². The Balaban J connectivity index is 1.71. The van der Waals surface area contributed by atoms with Crippen molar-refractivity contribution in [2.45, 2.75) is 90.9 Å². The fourth-order valence-corrected chi connectivity index (χ4v) is 3.86. The molecule has 2 heteroatoms. The van der Waals surface area contributed by atoms with Crippen LogP contribution in [0, 0.1) is 11.8 Å². The third kappa shape index (κ3) is 7.22. The number of rotatable bonds is 10. The molecule has 2 rings (SSSR count). The maximum absolute atomic E-state index is 12.4. The Bertz CT molecular complexity index is 483. The SMILES string of the molecule is CCCCCCc1ccc(OC(=O)C2CCC(CCCC)CC2)cc1.